The Hall–Kier alpha value is -3.60. The Labute approximate surface area is 149 Å². The van der Waals surface area contributed by atoms with Crippen LogP contribution in [0.5, 0.6) is 17.2 Å². The minimum atomic E-state index is -0.801. The van der Waals surface area contributed by atoms with Gasteiger partial charge in [-0.3, -0.25) is 4.79 Å². The van der Waals surface area contributed by atoms with Gasteiger partial charge in [-0.15, -0.1) is 0 Å². The third kappa shape index (κ3) is 4.08. The van der Waals surface area contributed by atoms with Gasteiger partial charge in [0.25, 0.3) is 5.91 Å². The van der Waals surface area contributed by atoms with E-state index in [1.807, 2.05) is 0 Å². The molecule has 0 fully saturated rings. The predicted octanol–water partition coefficient (Wildman–Crippen LogP) is 2.49. The maximum absolute atomic E-state index is 13.8. The zero-order valence-electron chi connectivity index (χ0n) is 14.4. The molecule has 134 valence electrons. The van der Waals surface area contributed by atoms with E-state index in [2.05, 4.69) is 10.5 Å². The number of hydrazone groups is 1. The van der Waals surface area contributed by atoms with Crippen molar-refractivity contribution in [1.29, 1.82) is 5.26 Å². The molecular formula is C18H16FN3O4. The fourth-order valence-electron chi connectivity index (χ4n) is 2.17. The number of nitriles is 1. The second-order valence-electron chi connectivity index (χ2n) is 4.96. The molecule has 0 radical (unpaired) electrons. The van der Waals surface area contributed by atoms with Crippen molar-refractivity contribution in [1.82, 2.24) is 5.43 Å². The number of halogens is 1. The van der Waals surface area contributed by atoms with Crippen LogP contribution in [-0.2, 0) is 0 Å². The highest BCUT2D eigenvalue weighted by Crippen LogP contribution is 2.37. The minimum absolute atomic E-state index is 0.125. The van der Waals surface area contributed by atoms with Crippen LogP contribution in [0.25, 0.3) is 0 Å². The number of benzene rings is 2. The molecule has 0 saturated carbocycles. The first-order chi connectivity index (χ1) is 12.5. The van der Waals surface area contributed by atoms with Crippen LogP contribution >= 0.6 is 0 Å². The Bertz CT molecular complexity index is 865. The highest BCUT2D eigenvalue weighted by Gasteiger charge is 2.13. The fourth-order valence-corrected chi connectivity index (χ4v) is 2.17. The summed E-state index contributed by atoms with van der Waals surface area (Å²) in [5.74, 6) is -0.258. The molecule has 2 aromatic rings. The zero-order valence-corrected chi connectivity index (χ0v) is 14.4. The molecule has 0 bridgehead atoms. The number of rotatable bonds is 6. The third-order valence-electron chi connectivity index (χ3n) is 3.41. The molecule has 1 N–H and O–H groups in total. The van der Waals surface area contributed by atoms with Crippen LogP contribution in [0.1, 0.15) is 21.5 Å². The Kier molecular flexibility index (Phi) is 6.11. The van der Waals surface area contributed by atoms with E-state index in [0.29, 0.717) is 22.8 Å². The molecule has 0 saturated heterocycles. The van der Waals surface area contributed by atoms with Gasteiger partial charge < -0.3 is 14.2 Å². The smallest absolute Gasteiger partial charge is 0.274 e. The van der Waals surface area contributed by atoms with E-state index in [1.54, 1.807) is 18.2 Å². The molecule has 2 aromatic carbocycles. The molecule has 0 aromatic heterocycles. The number of hydrogen-bond acceptors (Lipinski definition) is 6. The second kappa shape index (κ2) is 8.48. The summed E-state index contributed by atoms with van der Waals surface area (Å²) in [6.45, 7) is 0. The summed E-state index contributed by atoms with van der Waals surface area (Å²) in [5, 5.41) is 12.5. The van der Waals surface area contributed by atoms with Gasteiger partial charge in [0.1, 0.15) is 5.82 Å². The summed E-state index contributed by atoms with van der Waals surface area (Å²) in [7, 11) is 4.45. The average molecular weight is 357 g/mol. The standard InChI is InChI=1S/C18H16FN3O4/c1-24-15-7-12(8-16(25-2)17(15)26-3)10-21-22-18(23)13-5-4-11(9-20)6-14(13)19/h4-8,10H,1-3H3,(H,22,23)/b21-10-. The van der Waals surface area contributed by atoms with Crippen LogP contribution < -0.4 is 19.6 Å². The number of methoxy groups -OCH3 is 3. The van der Waals surface area contributed by atoms with Crippen LogP contribution in [0.3, 0.4) is 0 Å². The lowest BCUT2D eigenvalue weighted by Gasteiger charge is -2.12. The molecule has 0 atom stereocenters. The van der Waals surface area contributed by atoms with E-state index >= 15 is 0 Å². The number of carbonyl (C=O) groups is 1. The summed E-state index contributed by atoms with van der Waals surface area (Å²) in [6.07, 6.45) is 1.35. The second-order valence-corrected chi connectivity index (χ2v) is 4.96. The van der Waals surface area contributed by atoms with Crippen molar-refractivity contribution in [2.75, 3.05) is 21.3 Å². The van der Waals surface area contributed by atoms with Gasteiger partial charge in [-0.25, -0.2) is 9.82 Å². The molecule has 0 spiro atoms. The Morgan fingerprint density at radius 1 is 1.15 bits per heavy atom. The lowest BCUT2D eigenvalue weighted by atomic mass is 10.1. The molecule has 2 rings (SSSR count). The van der Waals surface area contributed by atoms with Crippen LogP contribution in [0.2, 0.25) is 0 Å². The Morgan fingerprint density at radius 2 is 1.81 bits per heavy atom. The summed E-state index contributed by atoms with van der Waals surface area (Å²) in [6, 6.07) is 8.62. The van der Waals surface area contributed by atoms with E-state index in [0.717, 1.165) is 6.07 Å². The first-order valence-corrected chi connectivity index (χ1v) is 7.37. The van der Waals surface area contributed by atoms with E-state index < -0.39 is 11.7 Å². The van der Waals surface area contributed by atoms with Crippen LogP contribution in [0.4, 0.5) is 4.39 Å². The van der Waals surface area contributed by atoms with Crippen LogP contribution in [-0.4, -0.2) is 33.5 Å². The van der Waals surface area contributed by atoms with Gasteiger partial charge in [-0.1, -0.05) is 0 Å². The van der Waals surface area contributed by atoms with Crippen molar-refractivity contribution in [3.63, 3.8) is 0 Å². The minimum Gasteiger partial charge on any atom is -0.493 e. The number of nitrogens with one attached hydrogen (secondary N) is 1. The highest BCUT2D eigenvalue weighted by atomic mass is 19.1. The van der Waals surface area contributed by atoms with Crippen LogP contribution in [0, 0.1) is 17.1 Å². The lowest BCUT2D eigenvalue weighted by Crippen LogP contribution is -2.19. The van der Waals surface area contributed by atoms with E-state index in [9.17, 15) is 9.18 Å². The van der Waals surface area contributed by atoms with Gasteiger partial charge in [-0.2, -0.15) is 10.4 Å². The summed E-state index contributed by atoms with van der Waals surface area (Å²) < 4.78 is 29.5. The monoisotopic (exact) mass is 357 g/mol. The Balaban J connectivity index is 2.18. The first kappa shape index (κ1) is 18.7. The molecular weight excluding hydrogens is 341 g/mol. The van der Waals surface area contributed by atoms with E-state index in [-0.39, 0.29) is 11.1 Å². The molecule has 0 heterocycles. The van der Waals surface area contributed by atoms with Gasteiger partial charge in [-0.05, 0) is 30.3 Å². The summed E-state index contributed by atoms with van der Waals surface area (Å²) in [4.78, 5) is 12.0. The average Bonchev–Trinajstić information content (AvgIpc) is 2.66. The van der Waals surface area contributed by atoms with Crippen molar-refractivity contribution in [2.45, 2.75) is 0 Å². The SMILES string of the molecule is COc1cc(/C=N\NC(=O)c2ccc(C#N)cc2F)cc(OC)c1OC. The largest absolute Gasteiger partial charge is 0.493 e. The van der Waals surface area contributed by atoms with Crippen molar-refractivity contribution in [3.05, 3.63) is 52.8 Å². The van der Waals surface area contributed by atoms with Gasteiger partial charge in [0.05, 0.1) is 44.7 Å². The topological polar surface area (TPSA) is 92.9 Å². The molecule has 26 heavy (non-hydrogen) atoms. The number of hydrogen-bond donors (Lipinski definition) is 1. The van der Waals surface area contributed by atoms with Crippen molar-refractivity contribution >= 4 is 12.1 Å². The van der Waals surface area contributed by atoms with E-state index in [1.165, 1.54) is 39.7 Å². The van der Waals surface area contributed by atoms with Crippen LogP contribution in [0.15, 0.2) is 35.4 Å². The molecule has 8 heteroatoms. The number of ether oxygens (including phenoxy) is 3. The number of amides is 1. The molecule has 7 nitrogen and oxygen atoms in total. The predicted molar refractivity (Wildman–Crippen MR) is 92.3 cm³/mol. The van der Waals surface area contributed by atoms with E-state index in [4.69, 9.17) is 19.5 Å². The molecule has 0 aliphatic heterocycles. The van der Waals surface area contributed by atoms with Gasteiger partial charge in [0, 0.05) is 5.56 Å². The normalized spacial score (nSPS) is 10.3. The zero-order chi connectivity index (χ0) is 19.1. The van der Waals surface area contributed by atoms with Crippen molar-refractivity contribution in [2.24, 2.45) is 5.10 Å². The number of nitrogens with zero attached hydrogens (tertiary/aromatic N) is 2. The molecule has 0 aliphatic carbocycles. The number of carbonyl (C=O) groups excluding carboxylic acids is 1. The van der Waals surface area contributed by atoms with Crippen molar-refractivity contribution in [3.8, 4) is 23.3 Å². The van der Waals surface area contributed by atoms with Gasteiger partial charge >= 0.3 is 0 Å². The maximum atomic E-state index is 13.8. The van der Waals surface area contributed by atoms with Gasteiger partial charge in [0.2, 0.25) is 5.75 Å². The first-order valence-electron chi connectivity index (χ1n) is 7.37. The Morgan fingerprint density at radius 3 is 2.31 bits per heavy atom. The van der Waals surface area contributed by atoms with Gasteiger partial charge in [0.15, 0.2) is 11.5 Å². The molecule has 0 aliphatic rings. The fraction of sp³-hybridized carbons (Fsp3) is 0.167. The third-order valence-corrected chi connectivity index (χ3v) is 3.41. The molecule has 1 amide bonds. The maximum Gasteiger partial charge on any atom is 0.274 e. The quantitative estimate of drug-likeness (QED) is 0.633. The lowest BCUT2D eigenvalue weighted by molar-refractivity contribution is 0.0951. The summed E-state index contributed by atoms with van der Waals surface area (Å²) >= 11 is 0. The summed E-state index contributed by atoms with van der Waals surface area (Å²) in [5.41, 5.74) is 2.70. The highest BCUT2D eigenvalue weighted by molar-refractivity contribution is 5.95. The van der Waals surface area contributed by atoms with Crippen molar-refractivity contribution < 1.29 is 23.4 Å². The molecule has 0 unspecified atom stereocenters.